The Kier molecular flexibility index (Phi) is 5.18. The normalized spacial score (nSPS) is 15.1. The van der Waals surface area contributed by atoms with Crippen LogP contribution < -0.4 is 9.64 Å². The number of hydrogen-bond acceptors (Lipinski definition) is 5. The molecule has 32 heavy (non-hydrogen) atoms. The molecule has 1 aliphatic rings. The maximum absolute atomic E-state index is 13.0. The summed E-state index contributed by atoms with van der Waals surface area (Å²) in [5.74, 6) is 0.513. The number of carbonyl (C=O) groups is 1. The highest BCUT2D eigenvalue weighted by Gasteiger charge is 2.32. The minimum absolute atomic E-state index is 0.134. The third-order valence-electron chi connectivity index (χ3n) is 5.45. The summed E-state index contributed by atoms with van der Waals surface area (Å²) in [5.41, 5.74) is 4.88. The lowest BCUT2D eigenvalue weighted by molar-refractivity contribution is -0.125. The first kappa shape index (κ1) is 20.0. The van der Waals surface area contributed by atoms with Crippen molar-refractivity contribution in [1.82, 2.24) is 4.98 Å². The molecule has 0 N–H and O–H groups in total. The Labute approximate surface area is 190 Å². The van der Waals surface area contributed by atoms with Gasteiger partial charge in [-0.15, -0.1) is 11.3 Å². The molecule has 2 heterocycles. The molecule has 1 amide bonds. The zero-order valence-corrected chi connectivity index (χ0v) is 18.2. The van der Waals surface area contributed by atoms with Crippen molar-refractivity contribution in [3.05, 3.63) is 89.3 Å². The molecule has 156 valence electrons. The van der Waals surface area contributed by atoms with Crippen molar-refractivity contribution < 1.29 is 9.53 Å². The fourth-order valence-electron chi connectivity index (χ4n) is 3.79. The fourth-order valence-corrected chi connectivity index (χ4v) is 4.62. The van der Waals surface area contributed by atoms with Crippen LogP contribution in [0.25, 0.3) is 21.8 Å². The second kappa shape index (κ2) is 8.29. The molecule has 0 saturated heterocycles. The smallest absolute Gasteiger partial charge is 0.268 e. The van der Waals surface area contributed by atoms with Crippen LogP contribution in [0.15, 0.2) is 78.2 Å². The average Bonchev–Trinajstić information content (AvgIpc) is 3.33. The monoisotopic (exact) mass is 437 g/mol. The molecule has 0 radical (unpaired) electrons. The lowest BCUT2D eigenvalue weighted by atomic mass is 10.0. The summed E-state index contributed by atoms with van der Waals surface area (Å²) >= 11 is 1.59. The fraction of sp³-hybridized carbons (Fsp3) is 0.115. The summed E-state index contributed by atoms with van der Waals surface area (Å²) in [6, 6.07) is 25.4. The van der Waals surface area contributed by atoms with Crippen molar-refractivity contribution >= 4 is 22.9 Å². The van der Waals surface area contributed by atoms with Crippen LogP contribution in [0.4, 0.5) is 5.69 Å². The molecule has 6 heteroatoms. The first-order valence-corrected chi connectivity index (χ1v) is 11.1. The Balaban J connectivity index is 1.53. The Morgan fingerprint density at radius 3 is 2.66 bits per heavy atom. The van der Waals surface area contributed by atoms with Crippen molar-refractivity contribution in [2.24, 2.45) is 0 Å². The molecular weight excluding hydrogens is 418 g/mol. The minimum atomic E-state index is -0.591. The summed E-state index contributed by atoms with van der Waals surface area (Å²) in [7, 11) is 0. The van der Waals surface area contributed by atoms with E-state index < -0.39 is 6.10 Å². The van der Waals surface area contributed by atoms with E-state index in [0.717, 1.165) is 27.4 Å². The molecular formula is C26H19N3O2S. The van der Waals surface area contributed by atoms with Crippen molar-refractivity contribution in [3.63, 3.8) is 0 Å². The van der Waals surface area contributed by atoms with Crippen LogP contribution in [0.5, 0.6) is 5.75 Å². The van der Waals surface area contributed by atoms with Crippen molar-refractivity contribution in [3.8, 4) is 33.6 Å². The standard InChI is InChI=1S/C26H19N3O2S/c1-17-26(30)29(15-21-10-6-5-9-20(21)14-27)23-13-19(11-12-24(23)31-17)22-16-32-25(28-22)18-7-3-2-4-8-18/h2-13,16-17H,15H2,1H3. The van der Waals surface area contributed by atoms with Gasteiger partial charge < -0.3 is 9.64 Å². The molecule has 5 rings (SSSR count). The number of ether oxygens (including phenoxy) is 1. The second-order valence-electron chi connectivity index (χ2n) is 7.54. The van der Waals surface area contributed by atoms with E-state index in [9.17, 15) is 10.1 Å². The summed E-state index contributed by atoms with van der Waals surface area (Å²) in [5, 5.41) is 12.4. The molecule has 1 aliphatic heterocycles. The number of aromatic nitrogens is 1. The van der Waals surface area contributed by atoms with Gasteiger partial charge in [-0.05, 0) is 36.8 Å². The Hall–Kier alpha value is -3.95. The molecule has 1 aromatic heterocycles. The highest BCUT2D eigenvalue weighted by Crippen LogP contribution is 2.39. The Bertz CT molecular complexity index is 1340. The lowest BCUT2D eigenvalue weighted by Crippen LogP contribution is -2.44. The van der Waals surface area contributed by atoms with E-state index in [1.54, 1.807) is 29.2 Å². The van der Waals surface area contributed by atoms with Gasteiger partial charge in [0, 0.05) is 16.5 Å². The lowest BCUT2D eigenvalue weighted by Gasteiger charge is -2.33. The van der Waals surface area contributed by atoms with E-state index in [1.807, 2.05) is 72.1 Å². The molecule has 0 saturated carbocycles. The number of rotatable bonds is 4. The molecule has 4 aromatic rings. The SMILES string of the molecule is CC1Oc2ccc(-c3csc(-c4ccccc4)n3)cc2N(Cc2ccccc2C#N)C1=O. The molecule has 0 fully saturated rings. The van der Waals surface area contributed by atoms with Gasteiger partial charge in [-0.1, -0.05) is 48.5 Å². The van der Waals surface area contributed by atoms with Crippen LogP contribution in [0, 0.1) is 11.3 Å². The number of amides is 1. The first-order chi connectivity index (χ1) is 15.6. The number of hydrogen-bond donors (Lipinski definition) is 0. The van der Waals surface area contributed by atoms with Crippen molar-refractivity contribution in [2.75, 3.05) is 4.90 Å². The van der Waals surface area contributed by atoms with Crippen LogP contribution in [0.3, 0.4) is 0 Å². The van der Waals surface area contributed by atoms with E-state index in [4.69, 9.17) is 9.72 Å². The number of thiazole rings is 1. The number of carbonyl (C=O) groups excluding carboxylic acids is 1. The highest BCUT2D eigenvalue weighted by molar-refractivity contribution is 7.13. The van der Waals surface area contributed by atoms with Crippen LogP contribution in [0.1, 0.15) is 18.1 Å². The predicted octanol–water partition coefficient (Wildman–Crippen LogP) is 5.66. The number of anilines is 1. The number of fused-ring (bicyclic) bond motifs is 1. The Morgan fingerprint density at radius 2 is 1.84 bits per heavy atom. The maximum atomic E-state index is 13.0. The van der Waals surface area contributed by atoms with Gasteiger partial charge in [0.15, 0.2) is 6.10 Å². The Morgan fingerprint density at radius 1 is 1.06 bits per heavy atom. The van der Waals surface area contributed by atoms with E-state index in [2.05, 4.69) is 6.07 Å². The van der Waals surface area contributed by atoms with Gasteiger partial charge in [0.2, 0.25) is 0 Å². The minimum Gasteiger partial charge on any atom is -0.479 e. The number of nitriles is 1. The van der Waals surface area contributed by atoms with Crippen molar-refractivity contribution in [1.29, 1.82) is 5.26 Å². The van der Waals surface area contributed by atoms with Crippen LogP contribution >= 0.6 is 11.3 Å². The molecule has 0 spiro atoms. The van der Waals surface area contributed by atoms with Crippen molar-refractivity contribution in [2.45, 2.75) is 19.6 Å². The summed E-state index contributed by atoms with van der Waals surface area (Å²) in [6.45, 7) is 2.05. The van der Waals surface area contributed by atoms with Crippen LogP contribution in [-0.2, 0) is 11.3 Å². The molecule has 1 atom stereocenters. The molecule has 1 unspecified atom stereocenters. The molecule has 3 aromatic carbocycles. The van der Waals surface area contributed by atoms with Gasteiger partial charge in [0.1, 0.15) is 10.8 Å². The summed E-state index contributed by atoms with van der Waals surface area (Å²) in [4.78, 5) is 19.5. The third-order valence-corrected chi connectivity index (χ3v) is 6.35. The first-order valence-electron chi connectivity index (χ1n) is 10.3. The van der Waals surface area contributed by atoms with E-state index in [1.165, 1.54) is 0 Å². The van der Waals surface area contributed by atoms with Gasteiger partial charge in [-0.25, -0.2) is 4.98 Å². The number of nitrogens with zero attached hydrogens (tertiary/aromatic N) is 3. The highest BCUT2D eigenvalue weighted by atomic mass is 32.1. The van der Waals surface area contributed by atoms with Gasteiger partial charge in [-0.2, -0.15) is 5.26 Å². The number of benzene rings is 3. The quantitative estimate of drug-likeness (QED) is 0.413. The van der Waals surface area contributed by atoms with E-state index in [-0.39, 0.29) is 5.91 Å². The second-order valence-corrected chi connectivity index (χ2v) is 8.40. The largest absolute Gasteiger partial charge is 0.479 e. The van der Waals surface area contributed by atoms with E-state index >= 15 is 0 Å². The van der Waals surface area contributed by atoms with Gasteiger partial charge in [-0.3, -0.25) is 4.79 Å². The molecule has 0 aliphatic carbocycles. The predicted molar refractivity (Wildman–Crippen MR) is 125 cm³/mol. The third kappa shape index (κ3) is 3.64. The van der Waals surface area contributed by atoms with Crippen LogP contribution in [0.2, 0.25) is 0 Å². The zero-order valence-electron chi connectivity index (χ0n) is 17.4. The summed E-state index contributed by atoms with van der Waals surface area (Å²) in [6.07, 6.45) is -0.591. The van der Waals surface area contributed by atoms with Crippen LogP contribution in [-0.4, -0.2) is 17.0 Å². The average molecular weight is 438 g/mol. The maximum Gasteiger partial charge on any atom is 0.268 e. The molecule has 5 nitrogen and oxygen atoms in total. The van der Waals surface area contributed by atoms with Gasteiger partial charge in [0.05, 0.1) is 29.6 Å². The van der Waals surface area contributed by atoms with E-state index in [0.29, 0.717) is 23.5 Å². The zero-order chi connectivity index (χ0) is 22.1. The topological polar surface area (TPSA) is 66.2 Å². The van der Waals surface area contributed by atoms with Gasteiger partial charge in [0.25, 0.3) is 5.91 Å². The summed E-state index contributed by atoms with van der Waals surface area (Å²) < 4.78 is 5.86. The molecule has 0 bridgehead atoms. The van der Waals surface area contributed by atoms with Gasteiger partial charge >= 0.3 is 0 Å².